The Balaban J connectivity index is 0.000000894. The van der Waals surface area contributed by atoms with E-state index in [0.717, 1.165) is 11.5 Å². The topological polar surface area (TPSA) is 18.5 Å². The summed E-state index contributed by atoms with van der Waals surface area (Å²) in [5, 5.41) is 6.90. The van der Waals surface area contributed by atoms with Gasteiger partial charge in [0.15, 0.2) is 0 Å². The minimum Gasteiger partial charge on any atom is -0.496 e. The van der Waals surface area contributed by atoms with E-state index in [0.29, 0.717) is 0 Å². The third-order valence-corrected chi connectivity index (χ3v) is 14.0. The van der Waals surface area contributed by atoms with Crippen molar-refractivity contribution in [1.29, 1.82) is 0 Å². The average Bonchev–Trinajstić information content (AvgIpc) is 3.77. The molecule has 0 aliphatic heterocycles. The number of methoxy groups -OCH3 is 2. The molecular formula is C46H46FeO2P2. The van der Waals surface area contributed by atoms with Crippen LogP contribution in [0.15, 0.2) is 90.0 Å². The van der Waals surface area contributed by atoms with E-state index in [9.17, 15) is 0 Å². The van der Waals surface area contributed by atoms with Gasteiger partial charge in [-0.05, 0) is 137 Å². The summed E-state index contributed by atoms with van der Waals surface area (Å²) in [6, 6.07) is 31.8. The molecule has 0 saturated heterocycles. The van der Waals surface area contributed by atoms with Crippen LogP contribution in [-0.2, 0) is 17.1 Å². The van der Waals surface area contributed by atoms with Gasteiger partial charge < -0.3 is 9.47 Å². The van der Waals surface area contributed by atoms with E-state index in [2.05, 4.69) is 171 Å². The largest absolute Gasteiger partial charge is 2.00 e. The van der Waals surface area contributed by atoms with Crippen LogP contribution in [0.3, 0.4) is 0 Å². The van der Waals surface area contributed by atoms with Crippen molar-refractivity contribution in [2.75, 3.05) is 14.2 Å². The van der Waals surface area contributed by atoms with Crippen molar-refractivity contribution in [3.8, 4) is 11.5 Å². The molecule has 2 radical (unpaired) electrons. The molecule has 0 heterocycles. The number of ether oxygens (including phenoxy) is 2. The normalized spacial score (nSPS) is 11.9. The van der Waals surface area contributed by atoms with E-state index in [-0.39, 0.29) is 22.7 Å². The van der Waals surface area contributed by atoms with Crippen LogP contribution in [-0.4, -0.2) is 14.2 Å². The van der Waals surface area contributed by atoms with Crippen LogP contribution < -0.4 is 36.0 Å². The molecule has 0 fully saturated rings. The molecule has 0 saturated carbocycles. The second kappa shape index (κ2) is 17.7. The molecule has 0 amide bonds. The molecule has 6 rings (SSSR count). The Bertz CT molecular complexity index is 1960. The molecule has 1 atom stereocenters. The fraction of sp³-hybridized carbons (Fsp3) is 0.261. The molecule has 51 heavy (non-hydrogen) atoms. The predicted octanol–water partition coefficient (Wildman–Crippen LogP) is 9.27. The Morgan fingerprint density at radius 2 is 1.04 bits per heavy atom. The summed E-state index contributed by atoms with van der Waals surface area (Å²) in [6.45, 7) is 20.0. The molecule has 2 nitrogen and oxygen atoms in total. The summed E-state index contributed by atoms with van der Waals surface area (Å²) in [5.74, 6) is 1.93. The molecule has 5 heteroatoms. The van der Waals surface area contributed by atoms with E-state index in [1.807, 2.05) is 0 Å². The van der Waals surface area contributed by atoms with E-state index >= 15 is 0 Å². The molecular weight excluding hydrogens is 702 g/mol. The number of rotatable bonds is 9. The Kier molecular flexibility index (Phi) is 13.9. The quantitative estimate of drug-likeness (QED) is 0.0648. The molecule has 1 aliphatic carbocycles. The zero-order valence-electron chi connectivity index (χ0n) is 31.6. The zero-order chi connectivity index (χ0) is 36.1. The fourth-order valence-corrected chi connectivity index (χ4v) is 13.2. The van der Waals surface area contributed by atoms with Gasteiger partial charge in [-0.2, -0.15) is 11.6 Å². The molecule has 1 aliphatic rings. The van der Waals surface area contributed by atoms with Gasteiger partial charge in [0.2, 0.25) is 0 Å². The number of allylic oxidation sites excluding steroid dienone is 2. The molecule has 0 spiro atoms. The average molecular weight is 749 g/mol. The van der Waals surface area contributed by atoms with Gasteiger partial charge in [0, 0.05) is 0 Å². The summed E-state index contributed by atoms with van der Waals surface area (Å²) in [5.41, 5.74) is 19.0. The standard InChI is InChI=1S/C41H46O2P2.C5.Fe/c1-25-15-26(2)18-34(17-25)44(35-19-27(3)16-28(4)20-35)33(9)38-13-12-14-39(38)45(36-21-29(5)40(42-10)30(6)22-36)37-23-31(7)41(43-11)32(8)24-37;1-2-4-5-3-1;/h12,14-24,33H,1-11H3;;/q2*-1;+2/t33-;;/m0../s1. The zero-order valence-corrected chi connectivity index (χ0v) is 34.5. The van der Waals surface area contributed by atoms with Crippen molar-refractivity contribution in [3.63, 3.8) is 0 Å². The molecule has 0 unspecified atom stereocenters. The number of aryl methyl sites for hydroxylation is 8. The number of hydrogen-bond donors (Lipinski definition) is 0. The monoisotopic (exact) mass is 748 g/mol. The van der Waals surface area contributed by atoms with Crippen LogP contribution in [0.25, 0.3) is 0 Å². The van der Waals surface area contributed by atoms with E-state index < -0.39 is 15.8 Å². The van der Waals surface area contributed by atoms with Gasteiger partial charge in [0.1, 0.15) is 11.5 Å². The van der Waals surface area contributed by atoms with Gasteiger partial charge in [-0.25, -0.2) is 17.9 Å². The first kappa shape index (κ1) is 40.1. The summed E-state index contributed by atoms with van der Waals surface area (Å²) < 4.78 is 11.6. The van der Waals surface area contributed by atoms with Crippen LogP contribution in [0.4, 0.5) is 0 Å². The summed E-state index contributed by atoms with van der Waals surface area (Å²) in [7, 11) is 1.94. The van der Waals surface area contributed by atoms with Crippen LogP contribution in [0.5, 0.6) is 11.5 Å². The third kappa shape index (κ3) is 9.21. The van der Waals surface area contributed by atoms with Crippen molar-refractivity contribution in [1.82, 2.24) is 0 Å². The van der Waals surface area contributed by atoms with Gasteiger partial charge in [0.25, 0.3) is 0 Å². The van der Waals surface area contributed by atoms with Crippen LogP contribution in [0, 0.1) is 73.6 Å². The van der Waals surface area contributed by atoms with Crippen LogP contribution >= 0.6 is 15.8 Å². The smallest absolute Gasteiger partial charge is 0.496 e. The van der Waals surface area contributed by atoms with Gasteiger partial charge >= 0.3 is 17.1 Å². The van der Waals surface area contributed by atoms with Crippen molar-refractivity contribution in [2.45, 2.75) is 68.0 Å². The second-order valence-electron chi connectivity index (χ2n) is 13.2. The Hall–Kier alpha value is -3.71. The molecule has 0 aromatic heterocycles. The van der Waals surface area contributed by atoms with E-state index in [1.165, 1.54) is 76.6 Å². The van der Waals surface area contributed by atoms with Crippen molar-refractivity contribution >= 4 is 42.4 Å². The van der Waals surface area contributed by atoms with E-state index in [1.54, 1.807) is 14.2 Å². The number of hydrogen-bond acceptors (Lipinski definition) is 2. The molecule has 5 aromatic rings. The molecule has 0 bridgehead atoms. The maximum Gasteiger partial charge on any atom is 2.00 e. The fourth-order valence-electron chi connectivity index (χ4n) is 7.15. The molecule has 260 valence electrons. The van der Waals surface area contributed by atoms with Gasteiger partial charge in [0.05, 0.1) is 14.2 Å². The summed E-state index contributed by atoms with van der Waals surface area (Å²) in [6.07, 6.45) is 5.00. The predicted molar refractivity (Wildman–Crippen MR) is 215 cm³/mol. The number of benzene rings is 4. The Labute approximate surface area is 319 Å². The first-order valence-electron chi connectivity index (χ1n) is 16.9. The van der Waals surface area contributed by atoms with E-state index in [4.69, 9.17) is 9.47 Å². The van der Waals surface area contributed by atoms with Crippen LogP contribution in [0.2, 0.25) is 0 Å². The maximum atomic E-state index is 5.79. The second-order valence-corrected chi connectivity index (χ2v) is 17.9. The van der Waals surface area contributed by atoms with Crippen molar-refractivity contribution < 1.29 is 26.5 Å². The summed E-state index contributed by atoms with van der Waals surface area (Å²) in [4.78, 5) is 0. The minimum absolute atomic E-state index is 0. The van der Waals surface area contributed by atoms with Crippen LogP contribution in [0.1, 0.15) is 62.7 Å². The van der Waals surface area contributed by atoms with Crippen molar-refractivity contribution in [3.05, 3.63) is 158 Å². The Morgan fingerprint density at radius 1 is 0.608 bits per heavy atom. The van der Waals surface area contributed by atoms with Gasteiger partial charge in [-0.3, -0.25) is 11.5 Å². The van der Waals surface area contributed by atoms with Gasteiger partial charge in [-0.15, -0.1) is 17.5 Å². The third-order valence-electron chi connectivity index (χ3n) is 8.90. The first-order valence-corrected chi connectivity index (χ1v) is 19.7. The van der Waals surface area contributed by atoms with Gasteiger partial charge in [-0.1, -0.05) is 73.5 Å². The summed E-state index contributed by atoms with van der Waals surface area (Å²) >= 11 is 0. The minimum atomic E-state index is -0.881. The first-order chi connectivity index (χ1) is 23.9. The van der Waals surface area contributed by atoms with Crippen molar-refractivity contribution in [2.24, 2.45) is 0 Å². The maximum absolute atomic E-state index is 5.79. The molecule has 0 N–H and O–H groups in total. The molecule has 5 aromatic carbocycles. The SMILES string of the molecule is COc1c(C)cc(P(c2cc(C)c(OC)c(C)c2)[c-]2cc[c]c2[C@H](C)P(c2cc(C)cc(C)c2)c2cc(C)cc(C)c2)cc1C.[C]1=C=C=C=[C-]1.[Fe+2]. The Morgan fingerprint density at radius 3 is 1.37 bits per heavy atom.